The standard InChI is InChI=1S/C85H155O25P/c1-5-9-13-17-21-25-29-33-37-41-45-49-53-57-68(87)101-62-65(104-70(89)59-55-51-47-43-39-35-31-27-23-19-15-11-7-3)63-103-111(99,100)110-83-81(108-84-78(97)74(93)72(91)66(61-86)105-84)77(96)76(95)80(107-71(90)60-56-52-48-44-40-36-32-28-24-20-16-12-8-4)82(83)109-85-79(98)75(94)73(92)67(106-85)64-102-69(88)58-54-50-46-42-38-34-30-26-22-18-14-10-6-2/h34,36,38,40,65-67,72-86,91-98H,5-33,35,37,39,41-64H2,1-4H3,(H,99,100)/b38-34-,40-36-. The first-order valence-corrected chi connectivity index (χ1v) is 45.6. The van der Waals surface area contributed by atoms with Crippen LogP contribution in [0.4, 0.5) is 0 Å². The van der Waals surface area contributed by atoms with Gasteiger partial charge in [0.05, 0.1) is 13.2 Å². The molecule has 2 aliphatic heterocycles. The second-order valence-electron chi connectivity index (χ2n) is 31.4. The molecule has 3 fully saturated rings. The predicted molar refractivity (Wildman–Crippen MR) is 426 cm³/mol. The smallest absolute Gasteiger partial charge is 0.463 e. The zero-order chi connectivity index (χ0) is 81.1. The Hall–Kier alpha value is -3.05. The first kappa shape index (κ1) is 102. The van der Waals surface area contributed by atoms with Crippen molar-refractivity contribution < 1.29 is 122 Å². The number of phosphoric ester groups is 1. The Labute approximate surface area is 666 Å². The van der Waals surface area contributed by atoms with Gasteiger partial charge in [-0.15, -0.1) is 0 Å². The molecule has 0 radical (unpaired) electrons. The summed E-state index contributed by atoms with van der Waals surface area (Å²) in [5.74, 6) is -3.00. The summed E-state index contributed by atoms with van der Waals surface area (Å²) in [5.41, 5.74) is 0. The molecule has 26 heteroatoms. The second-order valence-corrected chi connectivity index (χ2v) is 32.8. The molecule has 1 aliphatic carbocycles. The number of allylic oxidation sites excluding steroid dienone is 4. The highest BCUT2D eigenvalue weighted by atomic mass is 31.2. The second kappa shape index (κ2) is 65.0. The summed E-state index contributed by atoms with van der Waals surface area (Å²) < 4.78 is 73.1. The molecule has 25 nitrogen and oxygen atoms in total. The first-order valence-electron chi connectivity index (χ1n) is 44.1. The number of esters is 4. The van der Waals surface area contributed by atoms with Gasteiger partial charge < -0.3 is 88.7 Å². The van der Waals surface area contributed by atoms with Gasteiger partial charge in [-0.25, -0.2) is 4.57 Å². The van der Waals surface area contributed by atoms with Crippen LogP contribution < -0.4 is 0 Å². The lowest BCUT2D eigenvalue weighted by atomic mass is 9.84. The molecule has 3 aliphatic rings. The molecule has 0 aromatic carbocycles. The topological polar surface area (TPSA) is 380 Å². The average molecular weight is 1610 g/mol. The summed E-state index contributed by atoms with van der Waals surface area (Å²) in [6.07, 6.45) is 22.2. The molecule has 0 aromatic rings. The fourth-order valence-electron chi connectivity index (χ4n) is 14.4. The minimum absolute atomic E-state index is 0.00734. The maximum Gasteiger partial charge on any atom is 0.472 e. The van der Waals surface area contributed by atoms with E-state index < -0.39 is 162 Å². The Morgan fingerprint density at radius 1 is 0.351 bits per heavy atom. The van der Waals surface area contributed by atoms with Crippen molar-refractivity contribution in [1.82, 2.24) is 0 Å². The van der Waals surface area contributed by atoms with Crippen LogP contribution in [0.25, 0.3) is 0 Å². The molecule has 0 amide bonds. The number of rotatable bonds is 70. The van der Waals surface area contributed by atoms with Gasteiger partial charge in [0.15, 0.2) is 24.8 Å². The van der Waals surface area contributed by atoms with Crippen LogP contribution in [0.15, 0.2) is 24.3 Å². The van der Waals surface area contributed by atoms with Crippen LogP contribution >= 0.6 is 7.82 Å². The molecule has 10 N–H and O–H groups in total. The fraction of sp³-hybridized carbons (Fsp3) is 0.906. The van der Waals surface area contributed by atoms with Crippen molar-refractivity contribution in [2.45, 2.75) is 466 Å². The lowest BCUT2D eigenvalue weighted by Crippen LogP contribution is -2.70. The third-order valence-corrected chi connectivity index (χ3v) is 22.4. The molecule has 1 saturated carbocycles. The largest absolute Gasteiger partial charge is 0.472 e. The number of hydrogen-bond acceptors (Lipinski definition) is 24. The Morgan fingerprint density at radius 2 is 0.676 bits per heavy atom. The number of carbonyl (C=O) groups excluding carboxylic acids is 4. The van der Waals surface area contributed by atoms with Crippen molar-refractivity contribution in [2.24, 2.45) is 0 Å². The van der Waals surface area contributed by atoms with Crippen LogP contribution in [0.5, 0.6) is 0 Å². The van der Waals surface area contributed by atoms with E-state index in [1.807, 2.05) is 0 Å². The number of unbranched alkanes of at least 4 members (excludes halogenated alkanes) is 42. The lowest BCUT2D eigenvalue weighted by Gasteiger charge is -2.50. The van der Waals surface area contributed by atoms with Crippen molar-refractivity contribution >= 4 is 31.7 Å². The average Bonchev–Trinajstić information content (AvgIpc) is 0.756. The summed E-state index contributed by atoms with van der Waals surface area (Å²) in [6.45, 7) is 5.52. The van der Waals surface area contributed by atoms with Gasteiger partial charge in [0, 0.05) is 25.7 Å². The van der Waals surface area contributed by atoms with E-state index in [0.717, 1.165) is 116 Å². The quantitative estimate of drug-likeness (QED) is 0.00889. The van der Waals surface area contributed by atoms with Gasteiger partial charge in [0.1, 0.15) is 92.6 Å². The number of phosphoric acid groups is 1. The molecule has 2 heterocycles. The molecule has 0 bridgehead atoms. The molecule has 2 saturated heterocycles. The number of carbonyl (C=O) groups is 4. The fourth-order valence-corrected chi connectivity index (χ4v) is 15.3. The van der Waals surface area contributed by atoms with E-state index in [9.17, 15) is 74.6 Å². The summed E-state index contributed by atoms with van der Waals surface area (Å²) >= 11 is 0. The van der Waals surface area contributed by atoms with Crippen LogP contribution in [0.2, 0.25) is 0 Å². The number of aliphatic hydroxyl groups is 9. The molecule has 111 heavy (non-hydrogen) atoms. The van der Waals surface area contributed by atoms with Crippen molar-refractivity contribution in [3.8, 4) is 0 Å². The normalized spacial score (nSPS) is 25.8. The van der Waals surface area contributed by atoms with E-state index in [0.29, 0.717) is 38.5 Å². The summed E-state index contributed by atoms with van der Waals surface area (Å²) in [5, 5.41) is 102. The third-order valence-electron chi connectivity index (χ3n) is 21.4. The molecule has 0 aromatic heterocycles. The van der Waals surface area contributed by atoms with Crippen molar-refractivity contribution in [3.05, 3.63) is 24.3 Å². The van der Waals surface area contributed by atoms with E-state index in [2.05, 4.69) is 52.0 Å². The first-order chi connectivity index (χ1) is 53.7. The van der Waals surface area contributed by atoms with Crippen LogP contribution in [-0.2, 0) is 70.7 Å². The highest BCUT2D eigenvalue weighted by Crippen LogP contribution is 2.49. The van der Waals surface area contributed by atoms with E-state index in [1.54, 1.807) is 0 Å². The molecule has 0 spiro atoms. The Kier molecular flexibility index (Phi) is 59.8. The molecule has 18 atom stereocenters. The van der Waals surface area contributed by atoms with E-state index >= 15 is 0 Å². The van der Waals surface area contributed by atoms with E-state index in [1.165, 1.54) is 148 Å². The highest BCUT2D eigenvalue weighted by molar-refractivity contribution is 7.47. The third kappa shape index (κ3) is 46.0. The summed E-state index contributed by atoms with van der Waals surface area (Å²) in [7, 11) is -5.80. The number of hydrogen-bond donors (Lipinski definition) is 10. The summed E-state index contributed by atoms with van der Waals surface area (Å²) in [6, 6.07) is 0. The van der Waals surface area contributed by atoms with E-state index in [4.69, 9.17) is 46.9 Å². The number of aliphatic hydroxyl groups excluding tert-OH is 9. The summed E-state index contributed by atoms with van der Waals surface area (Å²) in [4.78, 5) is 66.2. The van der Waals surface area contributed by atoms with Crippen LogP contribution in [0.1, 0.15) is 362 Å². The van der Waals surface area contributed by atoms with Crippen molar-refractivity contribution in [1.29, 1.82) is 0 Å². The van der Waals surface area contributed by atoms with E-state index in [-0.39, 0.29) is 32.1 Å². The monoisotopic (exact) mass is 1610 g/mol. The van der Waals surface area contributed by atoms with Crippen molar-refractivity contribution in [3.63, 3.8) is 0 Å². The Bertz CT molecular complexity index is 2420. The Balaban J connectivity index is 1.95. The van der Waals surface area contributed by atoms with Gasteiger partial charge in [-0.05, 0) is 77.0 Å². The maximum atomic E-state index is 14.8. The lowest BCUT2D eigenvalue weighted by molar-refractivity contribution is -0.360. The SMILES string of the molecule is CCCCCCCC/C=C\CCCCCC(=O)OCC1OC(OC2C(OC(=O)CCCCC/C=C\CCCCCCCC)C(O)C(O)C(OC3OC(CO)C(O)C(O)C3O)C2OP(=O)(O)OCC(COC(=O)CCCCCCCCCCCCCCC)OC(=O)CCCCCCCCCCCCCCC)C(O)C(O)C1O. The minimum atomic E-state index is -5.80. The number of ether oxygens (including phenoxy) is 8. The van der Waals surface area contributed by atoms with Crippen molar-refractivity contribution in [2.75, 3.05) is 26.4 Å². The van der Waals surface area contributed by atoms with Gasteiger partial charge in [-0.1, -0.05) is 283 Å². The highest BCUT2D eigenvalue weighted by Gasteiger charge is 2.60. The van der Waals surface area contributed by atoms with Crippen LogP contribution in [0, 0.1) is 0 Å². The maximum absolute atomic E-state index is 14.8. The molecular formula is C85H155O25P. The van der Waals surface area contributed by atoms with Gasteiger partial charge in [0.25, 0.3) is 0 Å². The molecule has 3 rings (SSSR count). The van der Waals surface area contributed by atoms with Gasteiger partial charge in [0.2, 0.25) is 0 Å². The Morgan fingerprint density at radius 3 is 1.08 bits per heavy atom. The van der Waals surface area contributed by atoms with Crippen LogP contribution in [-0.4, -0.2) is 205 Å². The van der Waals surface area contributed by atoms with Crippen LogP contribution in [0.3, 0.4) is 0 Å². The zero-order valence-electron chi connectivity index (χ0n) is 68.8. The zero-order valence-corrected chi connectivity index (χ0v) is 69.7. The van der Waals surface area contributed by atoms with Gasteiger partial charge in [-0.3, -0.25) is 28.2 Å². The minimum Gasteiger partial charge on any atom is -0.463 e. The molecule has 650 valence electrons. The van der Waals surface area contributed by atoms with Gasteiger partial charge in [-0.2, -0.15) is 0 Å². The molecular weight excluding hydrogens is 1450 g/mol. The van der Waals surface area contributed by atoms with Gasteiger partial charge >= 0.3 is 31.7 Å². The predicted octanol–water partition coefficient (Wildman–Crippen LogP) is 15.0. The molecule has 18 unspecified atom stereocenters.